The molecule has 2 rings (SSSR count). The number of nitrogens with zero attached hydrogens (tertiary/aromatic N) is 3. The maximum Gasteiger partial charge on any atom is 0.191 e. The predicted molar refractivity (Wildman–Crippen MR) is 71.9 cm³/mol. The van der Waals surface area contributed by atoms with E-state index in [1.807, 2.05) is 32.4 Å². The lowest BCUT2D eigenvalue weighted by atomic mass is 10.4. The van der Waals surface area contributed by atoms with Crippen LogP contribution in [-0.4, -0.2) is 28.4 Å². The van der Waals surface area contributed by atoms with Crippen LogP contribution in [0.25, 0.3) is 0 Å². The molecule has 0 saturated heterocycles. The van der Waals surface area contributed by atoms with Gasteiger partial charge in [-0.15, -0.1) is 0 Å². The molecule has 2 aromatic rings. The maximum absolute atomic E-state index is 5.00. The largest absolute Gasteiger partial charge is 0.373 e. The fourth-order valence-electron chi connectivity index (χ4n) is 1.42. The molecule has 0 aliphatic carbocycles. The van der Waals surface area contributed by atoms with E-state index in [1.54, 1.807) is 0 Å². The normalized spacial score (nSPS) is 10.4. The van der Waals surface area contributed by atoms with Crippen LogP contribution in [-0.2, 0) is 6.54 Å². The van der Waals surface area contributed by atoms with Gasteiger partial charge in [-0.05, 0) is 13.2 Å². The molecule has 2 heterocycles. The first kappa shape index (κ1) is 12.7. The fraction of sp³-hybridized carbons (Fsp3) is 0.364. The van der Waals surface area contributed by atoms with Crippen molar-refractivity contribution in [2.45, 2.75) is 18.6 Å². The summed E-state index contributed by atoms with van der Waals surface area (Å²) in [7, 11) is 1.83. The van der Waals surface area contributed by atoms with Gasteiger partial charge in [-0.1, -0.05) is 16.9 Å². The van der Waals surface area contributed by atoms with E-state index in [9.17, 15) is 0 Å². The summed E-state index contributed by atoms with van der Waals surface area (Å²) < 4.78 is 5.00. The van der Waals surface area contributed by atoms with Crippen LogP contribution in [0.15, 0.2) is 21.8 Å². The van der Waals surface area contributed by atoms with Crippen molar-refractivity contribution in [1.82, 2.24) is 15.1 Å². The summed E-state index contributed by atoms with van der Waals surface area (Å²) in [4.78, 5) is 8.66. The highest BCUT2D eigenvalue weighted by Crippen LogP contribution is 2.17. The monoisotopic (exact) mass is 265 g/mol. The van der Waals surface area contributed by atoms with Crippen molar-refractivity contribution in [3.63, 3.8) is 0 Å². The van der Waals surface area contributed by atoms with Crippen LogP contribution in [0.2, 0.25) is 0 Å². The predicted octanol–water partition coefficient (Wildman–Crippen LogP) is 2.15. The molecule has 96 valence electrons. The SMILES string of the molecule is CNc1cc(NCc2cc(C)on2)nc(SC)n1. The maximum atomic E-state index is 5.00. The number of hydrogen-bond donors (Lipinski definition) is 2. The minimum atomic E-state index is 0.575. The highest BCUT2D eigenvalue weighted by molar-refractivity contribution is 7.98. The van der Waals surface area contributed by atoms with E-state index in [1.165, 1.54) is 11.8 Å². The Balaban J connectivity index is 2.08. The van der Waals surface area contributed by atoms with E-state index in [2.05, 4.69) is 25.8 Å². The van der Waals surface area contributed by atoms with Crippen molar-refractivity contribution in [2.24, 2.45) is 0 Å². The van der Waals surface area contributed by atoms with Crippen LogP contribution in [0.1, 0.15) is 11.5 Å². The summed E-state index contributed by atoms with van der Waals surface area (Å²) in [5, 5.41) is 10.8. The lowest BCUT2D eigenvalue weighted by molar-refractivity contribution is 0.391. The molecule has 2 N–H and O–H groups in total. The van der Waals surface area contributed by atoms with Crippen molar-refractivity contribution in [3.05, 3.63) is 23.6 Å². The lowest BCUT2D eigenvalue weighted by Crippen LogP contribution is -2.04. The second kappa shape index (κ2) is 5.72. The molecule has 0 radical (unpaired) electrons. The van der Waals surface area contributed by atoms with Gasteiger partial charge < -0.3 is 15.2 Å². The van der Waals surface area contributed by atoms with Gasteiger partial charge in [0.1, 0.15) is 23.1 Å². The van der Waals surface area contributed by atoms with Gasteiger partial charge in [-0.2, -0.15) is 0 Å². The Morgan fingerprint density at radius 2 is 2.06 bits per heavy atom. The smallest absolute Gasteiger partial charge is 0.191 e. The lowest BCUT2D eigenvalue weighted by Gasteiger charge is -2.07. The van der Waals surface area contributed by atoms with Crippen LogP contribution >= 0.6 is 11.8 Å². The highest BCUT2D eigenvalue weighted by atomic mass is 32.2. The molecule has 0 atom stereocenters. The molecule has 18 heavy (non-hydrogen) atoms. The number of nitrogens with one attached hydrogen (secondary N) is 2. The van der Waals surface area contributed by atoms with Crippen LogP contribution in [0, 0.1) is 6.92 Å². The van der Waals surface area contributed by atoms with E-state index in [0.29, 0.717) is 6.54 Å². The summed E-state index contributed by atoms with van der Waals surface area (Å²) in [6.07, 6.45) is 1.94. The van der Waals surface area contributed by atoms with E-state index >= 15 is 0 Å². The zero-order valence-electron chi connectivity index (χ0n) is 10.5. The molecule has 0 aliphatic rings. The van der Waals surface area contributed by atoms with Gasteiger partial charge in [0.2, 0.25) is 0 Å². The number of rotatable bonds is 5. The number of hydrogen-bond acceptors (Lipinski definition) is 7. The second-order valence-electron chi connectivity index (χ2n) is 3.66. The first-order valence-electron chi connectivity index (χ1n) is 5.48. The van der Waals surface area contributed by atoms with Crippen molar-refractivity contribution < 1.29 is 4.52 Å². The first-order chi connectivity index (χ1) is 8.71. The Bertz CT molecular complexity index is 506. The Labute approximate surface area is 110 Å². The van der Waals surface area contributed by atoms with E-state index in [4.69, 9.17) is 4.52 Å². The Morgan fingerprint density at radius 3 is 2.67 bits per heavy atom. The molecule has 2 aromatic heterocycles. The third-order valence-corrected chi connectivity index (χ3v) is 2.82. The van der Waals surface area contributed by atoms with Crippen molar-refractivity contribution >= 4 is 23.4 Å². The summed E-state index contributed by atoms with van der Waals surface area (Å²) in [6.45, 7) is 2.44. The van der Waals surface area contributed by atoms with Crippen molar-refractivity contribution in [2.75, 3.05) is 23.9 Å². The van der Waals surface area contributed by atoms with Gasteiger partial charge in [-0.25, -0.2) is 9.97 Å². The Morgan fingerprint density at radius 1 is 1.28 bits per heavy atom. The number of thioether (sulfide) groups is 1. The average molecular weight is 265 g/mol. The Kier molecular flexibility index (Phi) is 4.03. The molecule has 0 saturated carbocycles. The minimum Gasteiger partial charge on any atom is -0.373 e. The quantitative estimate of drug-likeness (QED) is 0.633. The van der Waals surface area contributed by atoms with Crippen LogP contribution in [0.5, 0.6) is 0 Å². The molecule has 0 aliphatic heterocycles. The molecule has 0 amide bonds. The standard InChI is InChI=1S/C11H15N5OS/c1-7-4-8(16-17-7)6-13-10-5-9(12-2)14-11(15-10)18-3/h4-5H,6H2,1-3H3,(H2,12,13,14,15). The molecule has 0 fully saturated rings. The first-order valence-corrected chi connectivity index (χ1v) is 6.70. The summed E-state index contributed by atoms with van der Waals surface area (Å²) in [5.74, 6) is 2.35. The third kappa shape index (κ3) is 3.13. The molecule has 7 heteroatoms. The average Bonchev–Trinajstić information content (AvgIpc) is 2.81. The van der Waals surface area contributed by atoms with Gasteiger partial charge >= 0.3 is 0 Å². The summed E-state index contributed by atoms with van der Waals surface area (Å²) in [5.41, 5.74) is 0.850. The summed E-state index contributed by atoms with van der Waals surface area (Å²) in [6, 6.07) is 3.75. The van der Waals surface area contributed by atoms with Gasteiger partial charge in [0, 0.05) is 19.2 Å². The Hall–Kier alpha value is -1.76. The minimum absolute atomic E-state index is 0.575. The summed E-state index contributed by atoms with van der Waals surface area (Å²) >= 11 is 1.50. The van der Waals surface area contributed by atoms with Crippen LogP contribution < -0.4 is 10.6 Å². The van der Waals surface area contributed by atoms with E-state index in [0.717, 1.165) is 28.2 Å². The number of aryl methyl sites for hydroxylation is 1. The highest BCUT2D eigenvalue weighted by Gasteiger charge is 2.04. The van der Waals surface area contributed by atoms with Gasteiger partial charge in [-0.3, -0.25) is 0 Å². The van der Waals surface area contributed by atoms with Crippen molar-refractivity contribution in [1.29, 1.82) is 0 Å². The molecule has 6 nitrogen and oxygen atoms in total. The zero-order valence-corrected chi connectivity index (χ0v) is 11.3. The van der Waals surface area contributed by atoms with Gasteiger partial charge in [0.15, 0.2) is 5.16 Å². The second-order valence-corrected chi connectivity index (χ2v) is 4.43. The van der Waals surface area contributed by atoms with Crippen molar-refractivity contribution in [3.8, 4) is 0 Å². The molecular formula is C11H15N5OS. The van der Waals surface area contributed by atoms with Gasteiger partial charge in [0.25, 0.3) is 0 Å². The topological polar surface area (TPSA) is 75.9 Å². The number of aromatic nitrogens is 3. The number of anilines is 2. The van der Waals surface area contributed by atoms with E-state index < -0.39 is 0 Å². The molecule has 0 aromatic carbocycles. The third-order valence-electron chi connectivity index (χ3n) is 2.27. The molecular weight excluding hydrogens is 250 g/mol. The van der Waals surface area contributed by atoms with Crippen LogP contribution in [0.4, 0.5) is 11.6 Å². The molecule has 0 spiro atoms. The molecule has 0 unspecified atom stereocenters. The zero-order chi connectivity index (χ0) is 13.0. The fourth-order valence-corrected chi connectivity index (χ4v) is 1.80. The van der Waals surface area contributed by atoms with Crippen LogP contribution in [0.3, 0.4) is 0 Å². The van der Waals surface area contributed by atoms with Gasteiger partial charge in [0.05, 0.1) is 6.54 Å². The van der Waals surface area contributed by atoms with E-state index in [-0.39, 0.29) is 0 Å². The molecule has 0 bridgehead atoms.